The molecule has 4 rings (SSSR count). The lowest BCUT2D eigenvalue weighted by Crippen LogP contribution is -3.10. The summed E-state index contributed by atoms with van der Waals surface area (Å²) in [6, 6.07) is 9.93. The SMILES string of the molecule is Cc1onc(-c2ccccc2)c1-c1nnc(C[NH+]2CCCCCC2)o1. The molecule has 3 aromatic rings. The lowest BCUT2D eigenvalue weighted by Gasteiger charge is -2.14. The highest BCUT2D eigenvalue weighted by atomic mass is 16.5. The first-order chi connectivity index (χ1) is 12.3. The van der Waals surface area contributed by atoms with Gasteiger partial charge >= 0.3 is 0 Å². The Bertz CT molecular complexity index is 817. The number of nitrogens with one attached hydrogen (secondary N) is 1. The van der Waals surface area contributed by atoms with E-state index in [-0.39, 0.29) is 0 Å². The van der Waals surface area contributed by atoms with Crippen LogP contribution in [0.25, 0.3) is 22.7 Å². The summed E-state index contributed by atoms with van der Waals surface area (Å²) in [6.45, 7) is 5.02. The van der Waals surface area contributed by atoms with E-state index in [4.69, 9.17) is 8.94 Å². The predicted octanol–water partition coefficient (Wildman–Crippen LogP) is 2.66. The molecule has 6 heteroatoms. The molecule has 1 fully saturated rings. The third-order valence-corrected chi connectivity index (χ3v) is 4.80. The average molecular weight is 339 g/mol. The lowest BCUT2D eigenvalue weighted by molar-refractivity contribution is -0.914. The van der Waals surface area contributed by atoms with E-state index < -0.39 is 0 Å². The molecule has 1 aliphatic rings. The Labute approximate surface area is 146 Å². The Morgan fingerprint density at radius 2 is 1.76 bits per heavy atom. The molecule has 2 aromatic heterocycles. The third-order valence-electron chi connectivity index (χ3n) is 4.80. The Hall–Kier alpha value is -2.47. The van der Waals surface area contributed by atoms with E-state index in [1.165, 1.54) is 43.7 Å². The number of aryl methyl sites for hydroxylation is 1. The molecule has 3 heterocycles. The Balaban J connectivity index is 1.59. The second-order valence-corrected chi connectivity index (χ2v) is 6.67. The molecule has 0 bridgehead atoms. The maximum absolute atomic E-state index is 5.97. The number of hydrogen-bond acceptors (Lipinski definition) is 5. The van der Waals surface area contributed by atoms with Gasteiger partial charge in [0, 0.05) is 5.56 Å². The molecule has 0 spiro atoms. The highest BCUT2D eigenvalue weighted by Crippen LogP contribution is 2.33. The van der Waals surface area contributed by atoms with Crippen molar-refractivity contribution in [2.45, 2.75) is 39.2 Å². The summed E-state index contributed by atoms with van der Waals surface area (Å²) < 4.78 is 11.4. The summed E-state index contributed by atoms with van der Waals surface area (Å²) in [5.74, 6) is 1.87. The maximum Gasteiger partial charge on any atom is 0.271 e. The first-order valence-corrected chi connectivity index (χ1v) is 8.99. The van der Waals surface area contributed by atoms with Gasteiger partial charge in [-0.3, -0.25) is 0 Å². The number of hydrogen-bond donors (Lipinski definition) is 1. The van der Waals surface area contributed by atoms with Gasteiger partial charge in [-0.25, -0.2) is 0 Å². The Morgan fingerprint density at radius 1 is 1.00 bits per heavy atom. The van der Waals surface area contributed by atoms with Crippen LogP contribution in [0.3, 0.4) is 0 Å². The highest BCUT2D eigenvalue weighted by molar-refractivity contribution is 5.77. The fraction of sp³-hybridized carbons (Fsp3) is 0.421. The minimum atomic E-state index is 0.488. The minimum Gasteiger partial charge on any atom is -0.415 e. The molecule has 0 atom stereocenters. The second-order valence-electron chi connectivity index (χ2n) is 6.67. The molecule has 1 aromatic carbocycles. The molecule has 6 nitrogen and oxygen atoms in total. The van der Waals surface area contributed by atoms with Crippen LogP contribution in [-0.2, 0) is 6.54 Å². The smallest absolute Gasteiger partial charge is 0.271 e. The van der Waals surface area contributed by atoms with Crippen LogP contribution < -0.4 is 4.90 Å². The van der Waals surface area contributed by atoms with Gasteiger partial charge in [-0.1, -0.05) is 35.5 Å². The van der Waals surface area contributed by atoms with Crippen molar-refractivity contribution in [1.82, 2.24) is 15.4 Å². The van der Waals surface area contributed by atoms with Crippen LogP contribution in [0, 0.1) is 6.92 Å². The van der Waals surface area contributed by atoms with Crippen molar-refractivity contribution in [1.29, 1.82) is 0 Å². The molecule has 25 heavy (non-hydrogen) atoms. The Morgan fingerprint density at radius 3 is 2.52 bits per heavy atom. The largest absolute Gasteiger partial charge is 0.415 e. The third kappa shape index (κ3) is 3.49. The van der Waals surface area contributed by atoms with Crippen molar-refractivity contribution in [3.05, 3.63) is 42.0 Å². The molecule has 0 saturated carbocycles. The standard InChI is InChI=1S/C19H22N4O2/c1-14-17(18(22-25-14)15-9-5-4-6-10-15)19-21-20-16(24-19)13-23-11-7-2-3-8-12-23/h4-6,9-10H,2-3,7-8,11-13H2,1H3/p+1. The second kappa shape index (κ2) is 7.19. The fourth-order valence-corrected chi connectivity index (χ4v) is 3.46. The van der Waals surface area contributed by atoms with Crippen LogP contribution in [0.4, 0.5) is 0 Å². The van der Waals surface area contributed by atoms with E-state index >= 15 is 0 Å². The van der Waals surface area contributed by atoms with Crippen LogP contribution in [0.15, 0.2) is 39.3 Å². The minimum absolute atomic E-state index is 0.488. The highest BCUT2D eigenvalue weighted by Gasteiger charge is 2.23. The maximum atomic E-state index is 5.97. The van der Waals surface area contributed by atoms with Crippen molar-refractivity contribution < 1.29 is 13.8 Å². The van der Waals surface area contributed by atoms with Crippen molar-refractivity contribution in [3.63, 3.8) is 0 Å². The zero-order chi connectivity index (χ0) is 17.1. The van der Waals surface area contributed by atoms with E-state index in [0.717, 1.165) is 23.4 Å². The predicted molar refractivity (Wildman–Crippen MR) is 92.8 cm³/mol. The normalized spacial score (nSPS) is 16.0. The van der Waals surface area contributed by atoms with Crippen LogP contribution in [-0.4, -0.2) is 28.4 Å². The number of benzene rings is 1. The van der Waals surface area contributed by atoms with Gasteiger partial charge in [0.15, 0.2) is 6.54 Å². The zero-order valence-electron chi connectivity index (χ0n) is 14.5. The molecule has 0 aliphatic carbocycles. The zero-order valence-corrected chi connectivity index (χ0v) is 14.5. The number of quaternary nitrogens is 1. The summed E-state index contributed by atoms with van der Waals surface area (Å²) in [7, 11) is 0. The van der Waals surface area contributed by atoms with Crippen LogP contribution in [0.2, 0.25) is 0 Å². The first kappa shape index (κ1) is 16.0. The van der Waals surface area contributed by atoms with Crippen molar-refractivity contribution >= 4 is 0 Å². The first-order valence-electron chi connectivity index (χ1n) is 8.99. The molecule has 0 amide bonds. The topological polar surface area (TPSA) is 69.4 Å². The van der Waals surface area contributed by atoms with Gasteiger partial charge in [0.25, 0.3) is 11.8 Å². The van der Waals surface area contributed by atoms with Crippen LogP contribution in [0.1, 0.15) is 37.3 Å². The lowest BCUT2D eigenvalue weighted by atomic mass is 10.1. The van der Waals surface area contributed by atoms with Gasteiger partial charge in [0.1, 0.15) is 17.0 Å². The van der Waals surface area contributed by atoms with Gasteiger partial charge < -0.3 is 13.8 Å². The van der Waals surface area contributed by atoms with Gasteiger partial charge in [-0.2, -0.15) is 0 Å². The summed E-state index contributed by atoms with van der Waals surface area (Å²) in [4.78, 5) is 1.53. The van der Waals surface area contributed by atoms with Gasteiger partial charge in [-0.05, 0) is 32.6 Å². The molecule has 1 aliphatic heterocycles. The molecule has 0 radical (unpaired) electrons. The number of nitrogens with zero attached hydrogens (tertiary/aromatic N) is 3. The van der Waals surface area contributed by atoms with Crippen molar-refractivity contribution in [2.24, 2.45) is 0 Å². The number of aromatic nitrogens is 3. The molecular formula is C19H23N4O2+. The summed E-state index contributed by atoms with van der Waals surface area (Å²) in [5, 5.41) is 12.7. The number of rotatable bonds is 4. The van der Waals surface area contributed by atoms with Gasteiger partial charge in [-0.15, -0.1) is 10.2 Å². The summed E-state index contributed by atoms with van der Waals surface area (Å²) >= 11 is 0. The van der Waals surface area contributed by atoms with Crippen molar-refractivity contribution in [2.75, 3.05) is 13.1 Å². The quantitative estimate of drug-likeness (QED) is 0.791. The van der Waals surface area contributed by atoms with E-state index in [2.05, 4.69) is 15.4 Å². The summed E-state index contributed by atoms with van der Waals surface area (Å²) in [5.41, 5.74) is 2.51. The van der Waals surface area contributed by atoms with Gasteiger partial charge in [0.2, 0.25) is 0 Å². The summed E-state index contributed by atoms with van der Waals surface area (Å²) in [6.07, 6.45) is 5.22. The van der Waals surface area contributed by atoms with E-state index in [9.17, 15) is 0 Å². The molecule has 1 N–H and O–H groups in total. The van der Waals surface area contributed by atoms with E-state index in [0.29, 0.717) is 17.5 Å². The van der Waals surface area contributed by atoms with Gasteiger partial charge in [0.05, 0.1) is 13.1 Å². The number of likely N-dealkylation sites (tertiary alicyclic amines) is 1. The molecule has 1 saturated heterocycles. The fourth-order valence-electron chi connectivity index (χ4n) is 3.46. The molecular weight excluding hydrogens is 316 g/mol. The van der Waals surface area contributed by atoms with Crippen molar-refractivity contribution in [3.8, 4) is 22.7 Å². The van der Waals surface area contributed by atoms with Crippen LogP contribution in [0.5, 0.6) is 0 Å². The monoisotopic (exact) mass is 339 g/mol. The Kier molecular flexibility index (Phi) is 4.61. The van der Waals surface area contributed by atoms with E-state index in [1.807, 2.05) is 37.3 Å². The van der Waals surface area contributed by atoms with Crippen LogP contribution >= 0.6 is 0 Å². The van der Waals surface area contributed by atoms with E-state index in [1.54, 1.807) is 0 Å². The molecule has 130 valence electrons. The molecule has 0 unspecified atom stereocenters. The average Bonchev–Trinajstić information content (AvgIpc) is 3.15.